The highest BCUT2D eigenvalue weighted by molar-refractivity contribution is 7.89. The Bertz CT molecular complexity index is 685. The van der Waals surface area contributed by atoms with E-state index in [1.807, 2.05) is 0 Å². The van der Waals surface area contributed by atoms with Gasteiger partial charge in [0.2, 0.25) is 0 Å². The molecular formula is C13H11FN2O2S. The third-order valence-corrected chi connectivity index (χ3v) is 3.53. The summed E-state index contributed by atoms with van der Waals surface area (Å²) in [6.07, 6.45) is 1.24. The maximum Gasteiger partial charge on any atom is 0.276 e. The molecule has 4 nitrogen and oxygen atoms in total. The molecule has 0 aliphatic carbocycles. The van der Waals surface area contributed by atoms with Gasteiger partial charge < -0.3 is 0 Å². The van der Waals surface area contributed by atoms with E-state index >= 15 is 0 Å². The predicted octanol–water partition coefficient (Wildman–Crippen LogP) is 2.14. The Balaban J connectivity index is 2.10. The van der Waals surface area contributed by atoms with Crippen LogP contribution in [0.25, 0.3) is 0 Å². The number of halogens is 1. The van der Waals surface area contributed by atoms with Crippen LogP contribution in [-0.2, 0) is 10.0 Å². The first-order valence-corrected chi connectivity index (χ1v) is 6.92. The van der Waals surface area contributed by atoms with Gasteiger partial charge in [-0.05, 0) is 29.8 Å². The highest BCUT2D eigenvalue weighted by Crippen LogP contribution is 2.07. The van der Waals surface area contributed by atoms with E-state index < -0.39 is 15.8 Å². The maximum absolute atomic E-state index is 12.9. The molecule has 0 bridgehead atoms. The van der Waals surface area contributed by atoms with E-state index in [0.29, 0.717) is 5.56 Å². The number of nitrogens with zero attached hydrogens (tertiary/aromatic N) is 1. The lowest BCUT2D eigenvalue weighted by molar-refractivity contribution is 0.584. The summed E-state index contributed by atoms with van der Waals surface area (Å²) in [7, 11) is -3.68. The molecule has 0 spiro atoms. The smallest absolute Gasteiger partial charge is 0.207 e. The van der Waals surface area contributed by atoms with Gasteiger partial charge in [0.25, 0.3) is 10.0 Å². The molecule has 98 valence electrons. The van der Waals surface area contributed by atoms with E-state index in [0.717, 1.165) is 0 Å². The van der Waals surface area contributed by atoms with Crippen molar-refractivity contribution in [3.63, 3.8) is 0 Å². The van der Waals surface area contributed by atoms with Gasteiger partial charge in [-0.2, -0.15) is 13.5 Å². The lowest BCUT2D eigenvalue weighted by Crippen LogP contribution is -2.18. The second-order valence-corrected chi connectivity index (χ2v) is 5.38. The fourth-order valence-electron chi connectivity index (χ4n) is 1.41. The lowest BCUT2D eigenvalue weighted by Gasteiger charge is -2.02. The van der Waals surface area contributed by atoms with Crippen molar-refractivity contribution in [2.24, 2.45) is 5.10 Å². The van der Waals surface area contributed by atoms with Gasteiger partial charge >= 0.3 is 0 Å². The first-order valence-electron chi connectivity index (χ1n) is 5.43. The Labute approximate surface area is 110 Å². The zero-order valence-electron chi connectivity index (χ0n) is 9.82. The molecule has 0 aliphatic rings. The Hall–Kier alpha value is -2.21. The van der Waals surface area contributed by atoms with Gasteiger partial charge in [-0.3, -0.25) is 0 Å². The molecule has 2 rings (SSSR count). The van der Waals surface area contributed by atoms with Crippen LogP contribution >= 0.6 is 0 Å². The SMILES string of the molecule is O=S(=O)(N/N=C\c1cccc(F)c1)c1ccccc1. The molecule has 1 N–H and O–H groups in total. The number of sulfonamides is 1. The highest BCUT2D eigenvalue weighted by atomic mass is 32.2. The topological polar surface area (TPSA) is 58.5 Å². The minimum absolute atomic E-state index is 0.117. The molecule has 0 heterocycles. The monoisotopic (exact) mass is 278 g/mol. The van der Waals surface area contributed by atoms with Crippen molar-refractivity contribution >= 4 is 16.2 Å². The molecule has 6 heteroatoms. The average molecular weight is 278 g/mol. The minimum Gasteiger partial charge on any atom is -0.207 e. The summed E-state index contributed by atoms with van der Waals surface area (Å²) in [6, 6.07) is 13.5. The van der Waals surface area contributed by atoms with Gasteiger partial charge in [-0.15, -0.1) is 0 Å². The molecule has 0 fully saturated rings. The third-order valence-electron chi connectivity index (χ3n) is 2.29. The minimum atomic E-state index is -3.68. The van der Waals surface area contributed by atoms with Crippen molar-refractivity contribution in [1.82, 2.24) is 4.83 Å². The van der Waals surface area contributed by atoms with Crippen LogP contribution in [0, 0.1) is 5.82 Å². The van der Waals surface area contributed by atoms with E-state index in [2.05, 4.69) is 9.93 Å². The van der Waals surface area contributed by atoms with Crippen LogP contribution in [0.1, 0.15) is 5.56 Å². The van der Waals surface area contributed by atoms with Crippen molar-refractivity contribution in [2.45, 2.75) is 4.90 Å². The molecule has 2 aromatic carbocycles. The lowest BCUT2D eigenvalue weighted by atomic mass is 10.2. The fourth-order valence-corrected chi connectivity index (χ4v) is 2.22. The third kappa shape index (κ3) is 3.62. The Kier molecular flexibility index (Phi) is 3.91. The zero-order valence-corrected chi connectivity index (χ0v) is 10.6. The zero-order chi connectivity index (χ0) is 13.7. The first-order chi connectivity index (χ1) is 9.08. The molecule has 0 saturated heterocycles. The van der Waals surface area contributed by atoms with Gasteiger partial charge in [0.15, 0.2) is 0 Å². The van der Waals surface area contributed by atoms with Crippen LogP contribution in [0.5, 0.6) is 0 Å². The largest absolute Gasteiger partial charge is 0.276 e. The summed E-state index contributed by atoms with van der Waals surface area (Å²) in [5.41, 5.74) is 0.468. The number of hydrazone groups is 1. The molecule has 19 heavy (non-hydrogen) atoms. The summed E-state index contributed by atoms with van der Waals surface area (Å²) < 4.78 is 36.5. The van der Waals surface area contributed by atoms with Gasteiger partial charge in [0.1, 0.15) is 5.82 Å². The first kappa shape index (κ1) is 13.2. The second kappa shape index (κ2) is 5.62. The molecular weight excluding hydrogens is 267 g/mol. The van der Waals surface area contributed by atoms with Gasteiger partial charge in [-0.1, -0.05) is 30.3 Å². The van der Waals surface area contributed by atoms with Crippen LogP contribution in [-0.4, -0.2) is 14.6 Å². The van der Waals surface area contributed by atoms with Crippen LogP contribution in [0.4, 0.5) is 4.39 Å². The Morgan fingerprint density at radius 3 is 2.47 bits per heavy atom. The van der Waals surface area contributed by atoms with Gasteiger partial charge in [0.05, 0.1) is 11.1 Å². The molecule has 0 unspecified atom stereocenters. The number of rotatable bonds is 4. The number of hydrogen-bond acceptors (Lipinski definition) is 3. The van der Waals surface area contributed by atoms with Crippen LogP contribution < -0.4 is 4.83 Å². The van der Waals surface area contributed by atoms with Crippen LogP contribution in [0.2, 0.25) is 0 Å². The van der Waals surface area contributed by atoms with Crippen LogP contribution in [0.3, 0.4) is 0 Å². The molecule has 0 amide bonds. The van der Waals surface area contributed by atoms with Crippen molar-refractivity contribution < 1.29 is 12.8 Å². The number of hydrogen-bond donors (Lipinski definition) is 1. The van der Waals surface area contributed by atoms with E-state index in [9.17, 15) is 12.8 Å². The normalized spacial score (nSPS) is 11.6. The summed E-state index contributed by atoms with van der Waals surface area (Å²) in [5, 5.41) is 3.60. The summed E-state index contributed by atoms with van der Waals surface area (Å²) in [4.78, 5) is 2.18. The average Bonchev–Trinajstić information content (AvgIpc) is 2.40. The Morgan fingerprint density at radius 1 is 1.05 bits per heavy atom. The van der Waals surface area contributed by atoms with Crippen molar-refractivity contribution in [3.05, 3.63) is 66.0 Å². The molecule has 0 aromatic heterocycles. The van der Waals surface area contributed by atoms with E-state index in [-0.39, 0.29) is 4.90 Å². The predicted molar refractivity (Wildman–Crippen MR) is 70.8 cm³/mol. The standard InChI is InChI=1S/C13H11FN2O2S/c14-12-6-4-5-11(9-12)10-15-16-19(17,18)13-7-2-1-3-8-13/h1-10,16H/b15-10-. The molecule has 0 radical (unpaired) electrons. The molecule has 2 aromatic rings. The fraction of sp³-hybridized carbons (Fsp3) is 0. The molecule has 0 aliphatic heterocycles. The van der Waals surface area contributed by atoms with Gasteiger partial charge in [0, 0.05) is 0 Å². The summed E-state index contributed by atoms with van der Waals surface area (Å²) in [6.45, 7) is 0. The Morgan fingerprint density at radius 2 is 1.79 bits per heavy atom. The van der Waals surface area contributed by atoms with Crippen molar-refractivity contribution in [3.8, 4) is 0 Å². The van der Waals surface area contributed by atoms with Crippen molar-refractivity contribution in [1.29, 1.82) is 0 Å². The summed E-state index contributed by atoms with van der Waals surface area (Å²) in [5.74, 6) is -0.408. The van der Waals surface area contributed by atoms with Crippen molar-refractivity contribution in [2.75, 3.05) is 0 Å². The maximum atomic E-state index is 12.9. The van der Waals surface area contributed by atoms with E-state index in [1.165, 1.54) is 36.5 Å². The summed E-state index contributed by atoms with van der Waals surface area (Å²) >= 11 is 0. The highest BCUT2D eigenvalue weighted by Gasteiger charge is 2.10. The van der Waals surface area contributed by atoms with E-state index in [1.54, 1.807) is 24.3 Å². The van der Waals surface area contributed by atoms with E-state index in [4.69, 9.17) is 0 Å². The molecule has 0 atom stereocenters. The molecule has 0 saturated carbocycles. The quantitative estimate of drug-likeness (QED) is 0.688. The number of nitrogens with one attached hydrogen (secondary N) is 1. The second-order valence-electron chi connectivity index (χ2n) is 3.72. The van der Waals surface area contributed by atoms with Crippen LogP contribution in [0.15, 0.2) is 64.6 Å². The number of benzene rings is 2. The van der Waals surface area contributed by atoms with Gasteiger partial charge in [-0.25, -0.2) is 9.22 Å².